The summed E-state index contributed by atoms with van der Waals surface area (Å²) in [5, 5.41) is 6.79. The van der Waals surface area contributed by atoms with E-state index in [1.807, 2.05) is 36.4 Å². The van der Waals surface area contributed by atoms with Crippen molar-refractivity contribution >= 4 is 46.1 Å². The Balaban J connectivity index is 1.88. The molecule has 0 saturated carbocycles. The third-order valence-electron chi connectivity index (χ3n) is 3.68. The summed E-state index contributed by atoms with van der Waals surface area (Å²) in [6.45, 7) is 0. The van der Waals surface area contributed by atoms with Crippen molar-refractivity contribution in [3.05, 3.63) is 75.8 Å². The fourth-order valence-electron chi connectivity index (χ4n) is 2.47. The van der Waals surface area contributed by atoms with Crippen LogP contribution in [0.3, 0.4) is 0 Å². The van der Waals surface area contributed by atoms with Crippen LogP contribution < -0.4 is 10.2 Å². The van der Waals surface area contributed by atoms with E-state index in [1.54, 1.807) is 25.5 Å². The summed E-state index contributed by atoms with van der Waals surface area (Å²) in [5.74, 6) is 0.223. The monoisotopic (exact) mass is 372 g/mol. The van der Waals surface area contributed by atoms with Crippen LogP contribution in [0.4, 0.5) is 0 Å². The van der Waals surface area contributed by atoms with Crippen molar-refractivity contribution < 1.29 is 9.53 Å². The van der Waals surface area contributed by atoms with Gasteiger partial charge in [-0.1, -0.05) is 53.5 Å². The zero-order valence-electron chi connectivity index (χ0n) is 13.3. The Morgan fingerprint density at radius 3 is 2.72 bits per heavy atom. The van der Waals surface area contributed by atoms with E-state index in [2.05, 4.69) is 10.5 Å². The van der Waals surface area contributed by atoms with Gasteiger partial charge in [-0.3, -0.25) is 4.79 Å². The summed E-state index contributed by atoms with van der Waals surface area (Å²) in [4.78, 5) is 12.2. The lowest BCUT2D eigenvalue weighted by atomic mass is 10.0. The average molecular weight is 373 g/mol. The minimum atomic E-state index is -0.442. The van der Waals surface area contributed by atoms with Crippen LogP contribution in [-0.4, -0.2) is 19.2 Å². The maximum Gasteiger partial charge on any atom is 0.272 e. The zero-order valence-corrected chi connectivity index (χ0v) is 14.8. The van der Waals surface area contributed by atoms with Crippen LogP contribution in [0, 0.1) is 0 Å². The summed E-state index contributed by atoms with van der Waals surface area (Å²) in [6.07, 6.45) is 1.55. The van der Waals surface area contributed by atoms with Crippen LogP contribution in [0.1, 0.15) is 15.9 Å². The van der Waals surface area contributed by atoms with Gasteiger partial charge in [0.1, 0.15) is 5.75 Å². The van der Waals surface area contributed by atoms with E-state index < -0.39 is 5.91 Å². The first-order valence-electron chi connectivity index (χ1n) is 7.44. The summed E-state index contributed by atoms with van der Waals surface area (Å²) >= 11 is 11.9. The molecule has 1 N–H and O–H groups in total. The molecule has 6 heteroatoms. The predicted molar refractivity (Wildman–Crippen MR) is 102 cm³/mol. The molecule has 0 aliphatic rings. The number of halogens is 2. The molecule has 0 aliphatic carbocycles. The maximum atomic E-state index is 12.2. The molecule has 0 heterocycles. The van der Waals surface area contributed by atoms with E-state index in [-0.39, 0.29) is 5.56 Å². The van der Waals surface area contributed by atoms with Crippen LogP contribution in [0.5, 0.6) is 5.75 Å². The number of carbonyl (C=O) groups is 1. The van der Waals surface area contributed by atoms with Crippen molar-refractivity contribution in [2.75, 3.05) is 7.11 Å². The van der Waals surface area contributed by atoms with E-state index in [0.29, 0.717) is 15.8 Å². The molecule has 0 bridgehead atoms. The van der Waals surface area contributed by atoms with Crippen LogP contribution in [0.25, 0.3) is 10.8 Å². The Bertz CT molecular complexity index is 971. The average Bonchev–Trinajstić information content (AvgIpc) is 2.63. The quantitative estimate of drug-likeness (QED) is 0.521. The highest BCUT2D eigenvalue weighted by Gasteiger charge is 2.11. The molecule has 0 fully saturated rings. The molecule has 3 aromatic rings. The largest absolute Gasteiger partial charge is 0.496 e. The van der Waals surface area contributed by atoms with Crippen molar-refractivity contribution in [1.82, 2.24) is 5.43 Å². The Kier molecular flexibility index (Phi) is 5.22. The molecule has 0 aliphatic heterocycles. The van der Waals surface area contributed by atoms with Gasteiger partial charge < -0.3 is 4.74 Å². The highest BCUT2D eigenvalue weighted by Crippen LogP contribution is 2.26. The van der Waals surface area contributed by atoms with Crippen molar-refractivity contribution in [1.29, 1.82) is 0 Å². The fraction of sp³-hybridized carbons (Fsp3) is 0.0526. The number of hydrogen-bond donors (Lipinski definition) is 1. The van der Waals surface area contributed by atoms with Crippen LogP contribution in [0.15, 0.2) is 59.7 Å². The van der Waals surface area contributed by atoms with Gasteiger partial charge in [-0.2, -0.15) is 5.10 Å². The SMILES string of the molecule is COc1ccc2ccccc2c1/C=N\NC(=O)c1cc(Cl)ccc1Cl. The van der Waals surface area contributed by atoms with E-state index in [9.17, 15) is 4.79 Å². The third kappa shape index (κ3) is 3.76. The molecule has 25 heavy (non-hydrogen) atoms. The molecule has 3 rings (SSSR count). The summed E-state index contributed by atoms with van der Waals surface area (Å²) in [5.41, 5.74) is 3.50. The fourth-order valence-corrected chi connectivity index (χ4v) is 2.85. The second-order valence-electron chi connectivity index (χ2n) is 5.23. The number of nitrogens with one attached hydrogen (secondary N) is 1. The number of fused-ring (bicyclic) bond motifs is 1. The molecule has 0 radical (unpaired) electrons. The first-order valence-corrected chi connectivity index (χ1v) is 8.20. The topological polar surface area (TPSA) is 50.7 Å². The second kappa shape index (κ2) is 7.55. The Labute approximate surface area is 155 Å². The lowest BCUT2D eigenvalue weighted by Gasteiger charge is -2.08. The molecule has 0 saturated heterocycles. The number of benzene rings is 3. The van der Waals surface area contributed by atoms with Gasteiger partial charge in [0.2, 0.25) is 0 Å². The predicted octanol–water partition coefficient (Wildman–Crippen LogP) is 4.92. The van der Waals surface area contributed by atoms with Gasteiger partial charge in [0.05, 0.1) is 23.9 Å². The second-order valence-corrected chi connectivity index (χ2v) is 6.07. The van der Waals surface area contributed by atoms with E-state index in [1.165, 1.54) is 6.07 Å². The molecule has 0 atom stereocenters. The molecule has 4 nitrogen and oxygen atoms in total. The van der Waals surface area contributed by atoms with Gasteiger partial charge in [0.15, 0.2) is 0 Å². The Hall–Kier alpha value is -2.56. The van der Waals surface area contributed by atoms with Gasteiger partial charge in [-0.05, 0) is 35.0 Å². The van der Waals surface area contributed by atoms with Gasteiger partial charge in [-0.15, -0.1) is 0 Å². The van der Waals surface area contributed by atoms with Gasteiger partial charge >= 0.3 is 0 Å². The number of hydrogen-bond acceptors (Lipinski definition) is 3. The van der Waals surface area contributed by atoms with Crippen molar-refractivity contribution in [3.8, 4) is 5.75 Å². The number of nitrogens with zero attached hydrogens (tertiary/aromatic N) is 1. The van der Waals surface area contributed by atoms with E-state index >= 15 is 0 Å². The van der Waals surface area contributed by atoms with Gasteiger partial charge in [-0.25, -0.2) is 5.43 Å². The minimum absolute atomic E-state index is 0.260. The first kappa shape index (κ1) is 17.3. The van der Waals surface area contributed by atoms with Crippen LogP contribution in [0.2, 0.25) is 10.0 Å². The number of carbonyl (C=O) groups excluding carboxylic acids is 1. The molecule has 0 spiro atoms. The molecule has 3 aromatic carbocycles. The first-order chi connectivity index (χ1) is 12.1. The number of hydrazone groups is 1. The molecule has 0 unspecified atom stereocenters. The number of methoxy groups -OCH3 is 1. The number of rotatable bonds is 4. The molecule has 126 valence electrons. The highest BCUT2D eigenvalue weighted by molar-refractivity contribution is 6.35. The molecular formula is C19H14Cl2N2O2. The lowest BCUT2D eigenvalue weighted by Crippen LogP contribution is -2.18. The molecular weight excluding hydrogens is 359 g/mol. The summed E-state index contributed by atoms with van der Waals surface area (Å²) in [7, 11) is 1.59. The number of amides is 1. The van der Waals surface area contributed by atoms with Crippen molar-refractivity contribution in [2.45, 2.75) is 0 Å². The zero-order chi connectivity index (χ0) is 17.8. The maximum absolute atomic E-state index is 12.2. The summed E-state index contributed by atoms with van der Waals surface area (Å²) in [6, 6.07) is 16.4. The Morgan fingerprint density at radius 2 is 1.92 bits per heavy atom. The van der Waals surface area contributed by atoms with Crippen molar-refractivity contribution in [2.24, 2.45) is 5.10 Å². The normalized spacial score (nSPS) is 11.0. The standard InChI is InChI=1S/C19H14Cl2N2O2/c1-25-18-9-6-12-4-2-3-5-14(12)16(18)11-22-23-19(24)15-10-13(20)7-8-17(15)21/h2-11H,1H3,(H,23,24)/b22-11-. The molecule has 1 amide bonds. The third-order valence-corrected chi connectivity index (χ3v) is 4.25. The van der Waals surface area contributed by atoms with Gasteiger partial charge in [0, 0.05) is 10.6 Å². The number of ether oxygens (including phenoxy) is 1. The van der Waals surface area contributed by atoms with Crippen LogP contribution in [-0.2, 0) is 0 Å². The lowest BCUT2D eigenvalue weighted by molar-refractivity contribution is 0.0955. The minimum Gasteiger partial charge on any atom is -0.496 e. The van der Waals surface area contributed by atoms with E-state index in [0.717, 1.165) is 16.3 Å². The smallest absolute Gasteiger partial charge is 0.272 e. The molecule has 0 aromatic heterocycles. The Morgan fingerprint density at radius 1 is 1.12 bits per heavy atom. The van der Waals surface area contributed by atoms with Crippen LogP contribution >= 0.6 is 23.2 Å². The highest BCUT2D eigenvalue weighted by atomic mass is 35.5. The van der Waals surface area contributed by atoms with Crippen molar-refractivity contribution in [3.63, 3.8) is 0 Å². The summed E-state index contributed by atoms with van der Waals surface area (Å²) < 4.78 is 5.39. The van der Waals surface area contributed by atoms with Gasteiger partial charge in [0.25, 0.3) is 5.91 Å². The van der Waals surface area contributed by atoms with E-state index in [4.69, 9.17) is 27.9 Å².